The lowest BCUT2D eigenvalue weighted by Gasteiger charge is -2.11. The van der Waals surface area contributed by atoms with E-state index in [1.807, 2.05) is 0 Å². The first-order valence-electron chi connectivity index (χ1n) is 7.66. The average molecular weight is 464 g/mol. The third kappa shape index (κ3) is 8.18. The first-order chi connectivity index (χ1) is 13.1. The van der Waals surface area contributed by atoms with E-state index in [1.165, 1.54) is 24.3 Å². The number of ether oxygens (including phenoxy) is 1. The van der Waals surface area contributed by atoms with Crippen LogP contribution in [0.5, 0.6) is 11.5 Å². The molecule has 0 radical (unpaired) electrons. The lowest BCUT2D eigenvalue weighted by molar-refractivity contribution is -0.385. The fraction of sp³-hybridized carbons (Fsp3) is 0.235. The second-order valence-corrected chi connectivity index (χ2v) is 12.3. The van der Waals surface area contributed by atoms with Crippen molar-refractivity contribution in [3.8, 4) is 11.5 Å². The van der Waals surface area contributed by atoms with Gasteiger partial charge in [-0.15, -0.1) is 4.21 Å². The lowest BCUT2D eigenvalue weighted by atomic mass is 10.1. The minimum Gasteiger partial charge on any atom is -0.545 e. The number of hydrogen-bond donors (Lipinski definition) is 0. The summed E-state index contributed by atoms with van der Waals surface area (Å²) in [4.78, 5) is 20.9. The number of hydrogen-bond acceptors (Lipinski definition) is 8. The summed E-state index contributed by atoms with van der Waals surface area (Å²) in [5, 5.41) is 21.7. The van der Waals surface area contributed by atoms with Crippen molar-refractivity contribution in [3.63, 3.8) is 0 Å². The first-order valence-corrected chi connectivity index (χ1v) is 12.7. The number of nitro groups is 1. The van der Waals surface area contributed by atoms with E-state index in [-0.39, 0.29) is 21.4 Å². The molecule has 0 aliphatic heterocycles. The topological polar surface area (TPSA) is 144 Å². The lowest BCUT2D eigenvalue weighted by Crippen LogP contribution is -2.23. The molecular weight excluding hydrogens is 446 g/mol. The Labute approximate surface area is 173 Å². The van der Waals surface area contributed by atoms with Crippen molar-refractivity contribution in [1.29, 1.82) is 0 Å². The van der Waals surface area contributed by atoms with E-state index in [4.69, 9.17) is 16.3 Å². The van der Waals surface area contributed by atoms with Gasteiger partial charge in [0.05, 0.1) is 36.3 Å². The Balaban J connectivity index is 0.000000749. The van der Waals surface area contributed by atoms with Gasteiger partial charge in [-0.05, 0) is 30.3 Å². The maximum absolute atomic E-state index is 11.4. The number of nitro benzene ring substituents is 1. The Kier molecular flexibility index (Phi) is 7.90. The minimum absolute atomic E-state index is 0.0148. The fourth-order valence-corrected chi connectivity index (χ4v) is 2.75. The summed E-state index contributed by atoms with van der Waals surface area (Å²) in [6.07, 6.45) is 6.16. The van der Waals surface area contributed by atoms with Gasteiger partial charge in [0.15, 0.2) is 9.84 Å². The standard InChI is InChI=1S/C14H10ClNO7S.C3H9OS/c1-24(21,22)9-3-5-13(11(15)7-9)23-8-2-4-12(16(19)20)10(6-8)14(17)18;1-5(2,3)4/h2-7H,1H3,(H,17,18);1-3H3/q;+1/p-1. The van der Waals surface area contributed by atoms with E-state index in [0.29, 0.717) is 0 Å². The van der Waals surface area contributed by atoms with Crippen molar-refractivity contribution >= 4 is 43.0 Å². The maximum Gasteiger partial charge on any atom is 0.278 e. The van der Waals surface area contributed by atoms with Crippen molar-refractivity contribution in [2.24, 2.45) is 0 Å². The molecule has 12 heteroatoms. The Morgan fingerprint density at radius 3 is 2.10 bits per heavy atom. The highest BCUT2D eigenvalue weighted by Gasteiger charge is 2.17. The van der Waals surface area contributed by atoms with Crippen molar-refractivity contribution < 1.29 is 32.2 Å². The van der Waals surface area contributed by atoms with Crippen LogP contribution in [-0.2, 0) is 24.0 Å². The van der Waals surface area contributed by atoms with E-state index in [2.05, 4.69) is 0 Å². The van der Waals surface area contributed by atoms with Gasteiger partial charge >= 0.3 is 0 Å². The number of aromatic carboxylic acids is 1. The third-order valence-electron chi connectivity index (χ3n) is 2.94. The van der Waals surface area contributed by atoms with Crippen LogP contribution in [0.1, 0.15) is 10.4 Å². The number of carboxylic acids is 1. The summed E-state index contributed by atoms with van der Waals surface area (Å²) in [7, 11) is -4.87. The van der Waals surface area contributed by atoms with E-state index in [9.17, 15) is 32.6 Å². The van der Waals surface area contributed by atoms with Gasteiger partial charge in [-0.1, -0.05) is 11.6 Å². The molecule has 0 bridgehead atoms. The first kappa shape index (κ1) is 24.5. The van der Waals surface area contributed by atoms with Crippen LogP contribution in [0.3, 0.4) is 0 Å². The van der Waals surface area contributed by atoms with E-state index >= 15 is 0 Å². The number of nitrogens with zero attached hydrogens (tertiary/aromatic N) is 1. The van der Waals surface area contributed by atoms with Crippen LogP contribution < -0.4 is 9.84 Å². The number of carboxylic acid groups (broad SMARTS) is 1. The average Bonchev–Trinajstić information content (AvgIpc) is 2.53. The Hall–Kier alpha value is -2.50. The zero-order valence-corrected chi connectivity index (χ0v) is 18.3. The molecule has 0 atom stereocenters. The van der Waals surface area contributed by atoms with E-state index < -0.39 is 41.9 Å². The molecule has 0 aromatic heterocycles. The molecule has 0 spiro atoms. The Morgan fingerprint density at radius 1 is 1.14 bits per heavy atom. The monoisotopic (exact) mass is 463 g/mol. The highest BCUT2D eigenvalue weighted by molar-refractivity contribution is 8.00. The van der Waals surface area contributed by atoms with Gasteiger partial charge in [0, 0.05) is 12.3 Å². The highest BCUT2D eigenvalue weighted by Crippen LogP contribution is 2.33. The SMILES string of the molecule is CS(=O)(=O)c1ccc(Oc2ccc([N+](=O)[O-])c(C(=O)[O-])c2)c(Cl)c1.C[S+](C)(C)=O. The van der Waals surface area contributed by atoms with Crippen molar-refractivity contribution in [2.75, 3.05) is 25.0 Å². The summed E-state index contributed by atoms with van der Waals surface area (Å²) < 4.78 is 38.4. The summed E-state index contributed by atoms with van der Waals surface area (Å²) >= 11 is 5.94. The molecule has 2 aromatic rings. The number of benzene rings is 2. The fourth-order valence-electron chi connectivity index (χ4n) is 1.82. The van der Waals surface area contributed by atoms with Crippen LogP contribution in [0.4, 0.5) is 5.69 Å². The molecule has 2 aromatic carbocycles. The van der Waals surface area contributed by atoms with Gasteiger partial charge in [0.25, 0.3) is 5.69 Å². The summed E-state index contributed by atoms with van der Waals surface area (Å²) in [6.45, 7) is 0. The Bertz CT molecular complexity index is 1080. The van der Waals surface area contributed by atoms with Crippen LogP contribution in [-0.4, -0.2) is 44.3 Å². The van der Waals surface area contributed by atoms with Crippen molar-refractivity contribution in [1.82, 2.24) is 0 Å². The summed E-state index contributed by atoms with van der Waals surface area (Å²) in [5.74, 6) is -1.71. The second-order valence-electron chi connectivity index (χ2n) is 6.41. The summed E-state index contributed by atoms with van der Waals surface area (Å²) in [5.41, 5.74) is -1.29. The van der Waals surface area contributed by atoms with E-state index in [0.717, 1.165) is 18.4 Å². The van der Waals surface area contributed by atoms with Crippen molar-refractivity contribution in [3.05, 3.63) is 57.1 Å². The molecule has 0 N–H and O–H groups in total. The zero-order chi connectivity index (χ0) is 22.6. The predicted molar refractivity (Wildman–Crippen MR) is 108 cm³/mol. The van der Waals surface area contributed by atoms with Crippen LogP contribution >= 0.6 is 11.6 Å². The molecule has 0 saturated heterocycles. The molecule has 0 heterocycles. The van der Waals surface area contributed by atoms with Crippen LogP contribution in [0.15, 0.2) is 41.3 Å². The van der Waals surface area contributed by atoms with Crippen LogP contribution in [0.25, 0.3) is 0 Å². The largest absolute Gasteiger partial charge is 0.545 e. The number of rotatable bonds is 5. The normalized spacial score (nSPS) is 11.2. The van der Waals surface area contributed by atoms with Gasteiger partial charge in [-0.25, -0.2) is 8.42 Å². The number of carbonyl (C=O) groups is 1. The Morgan fingerprint density at radius 2 is 1.69 bits per heavy atom. The van der Waals surface area contributed by atoms with Crippen LogP contribution in [0, 0.1) is 10.1 Å². The molecule has 9 nitrogen and oxygen atoms in total. The molecule has 0 aliphatic rings. The summed E-state index contributed by atoms with van der Waals surface area (Å²) in [6, 6.07) is 6.80. The van der Waals surface area contributed by atoms with Gasteiger partial charge in [-0.2, -0.15) is 0 Å². The quantitative estimate of drug-likeness (QED) is 0.372. The number of carbonyl (C=O) groups excluding carboxylic acids is 1. The molecule has 158 valence electrons. The molecular formula is C17H18ClNO8S2. The van der Waals surface area contributed by atoms with E-state index in [1.54, 1.807) is 18.8 Å². The molecule has 0 unspecified atom stereocenters. The van der Waals surface area contributed by atoms with Gasteiger partial charge in [-0.3, -0.25) is 10.1 Å². The molecule has 0 aliphatic carbocycles. The molecule has 29 heavy (non-hydrogen) atoms. The molecule has 0 amide bonds. The number of sulfone groups is 1. The third-order valence-corrected chi connectivity index (χ3v) is 4.35. The molecule has 0 fully saturated rings. The highest BCUT2D eigenvalue weighted by atomic mass is 35.5. The van der Waals surface area contributed by atoms with Gasteiger partial charge in [0.1, 0.15) is 30.3 Å². The second kappa shape index (κ2) is 9.33. The molecule has 0 saturated carbocycles. The maximum atomic E-state index is 11.4. The predicted octanol–water partition coefficient (Wildman–Crippen LogP) is 2.18. The van der Waals surface area contributed by atoms with Crippen molar-refractivity contribution in [2.45, 2.75) is 4.90 Å². The molecule has 2 rings (SSSR count). The number of halogens is 1. The zero-order valence-electron chi connectivity index (χ0n) is 15.9. The van der Waals surface area contributed by atoms with Gasteiger partial charge in [0.2, 0.25) is 0 Å². The smallest absolute Gasteiger partial charge is 0.278 e. The van der Waals surface area contributed by atoms with Gasteiger partial charge < -0.3 is 14.6 Å². The minimum atomic E-state index is -3.45. The van der Waals surface area contributed by atoms with Crippen LogP contribution in [0.2, 0.25) is 5.02 Å².